The molecule has 0 radical (unpaired) electrons. The van der Waals surface area contributed by atoms with E-state index in [-0.39, 0.29) is 11.5 Å². The summed E-state index contributed by atoms with van der Waals surface area (Å²) in [6.07, 6.45) is 0.0431. The van der Waals surface area contributed by atoms with Gasteiger partial charge < -0.3 is 10.5 Å². The van der Waals surface area contributed by atoms with Crippen molar-refractivity contribution < 1.29 is 4.74 Å². The molecule has 1 aromatic heterocycles. The van der Waals surface area contributed by atoms with Crippen LogP contribution >= 0.6 is 11.3 Å². The van der Waals surface area contributed by atoms with Crippen LogP contribution in [0.5, 0.6) is 0 Å². The number of ether oxygens (including phenoxy) is 1. The predicted octanol–water partition coefficient (Wildman–Crippen LogP) is 2.64. The van der Waals surface area contributed by atoms with Crippen LogP contribution in [0, 0.1) is 12.3 Å². The van der Waals surface area contributed by atoms with E-state index in [1.165, 1.54) is 0 Å². The van der Waals surface area contributed by atoms with Gasteiger partial charge in [0.15, 0.2) is 0 Å². The number of nitrogens with two attached hydrogens (primary N) is 1. The van der Waals surface area contributed by atoms with Crippen molar-refractivity contribution in [2.45, 2.75) is 40.3 Å². The molecule has 0 saturated carbocycles. The summed E-state index contributed by atoms with van der Waals surface area (Å²) in [6, 6.07) is 0. The second-order valence-corrected chi connectivity index (χ2v) is 5.86. The maximum absolute atomic E-state index is 5.64. The number of methoxy groups -OCH3 is 1. The Bertz CT molecular complexity index is 328. The van der Waals surface area contributed by atoms with Crippen LogP contribution in [0.15, 0.2) is 0 Å². The van der Waals surface area contributed by atoms with Gasteiger partial charge in [0.1, 0.15) is 11.1 Å². The smallest absolute Gasteiger partial charge is 0.123 e. The van der Waals surface area contributed by atoms with Crippen molar-refractivity contribution in [2.75, 3.05) is 7.11 Å². The van der Waals surface area contributed by atoms with E-state index in [2.05, 4.69) is 25.8 Å². The zero-order valence-electron chi connectivity index (χ0n) is 10.1. The van der Waals surface area contributed by atoms with E-state index in [0.29, 0.717) is 6.54 Å². The van der Waals surface area contributed by atoms with Gasteiger partial charge in [0.05, 0.1) is 5.69 Å². The van der Waals surface area contributed by atoms with Gasteiger partial charge in [-0.25, -0.2) is 4.98 Å². The molecular weight excluding hydrogens is 208 g/mol. The molecule has 1 aromatic rings. The minimum absolute atomic E-state index is 0.0431. The minimum atomic E-state index is 0.0431. The number of aromatic nitrogens is 1. The quantitative estimate of drug-likeness (QED) is 0.865. The molecule has 0 aromatic carbocycles. The van der Waals surface area contributed by atoms with Gasteiger partial charge >= 0.3 is 0 Å². The summed E-state index contributed by atoms with van der Waals surface area (Å²) in [5, 5.41) is 1.03. The molecule has 0 amide bonds. The van der Waals surface area contributed by atoms with Crippen molar-refractivity contribution in [2.24, 2.45) is 11.1 Å². The highest BCUT2D eigenvalue weighted by Gasteiger charge is 2.29. The molecule has 1 atom stereocenters. The van der Waals surface area contributed by atoms with Crippen LogP contribution in [0.25, 0.3) is 0 Å². The van der Waals surface area contributed by atoms with Gasteiger partial charge in [-0.2, -0.15) is 0 Å². The summed E-state index contributed by atoms with van der Waals surface area (Å²) >= 11 is 1.66. The molecule has 0 aliphatic carbocycles. The third-order valence-corrected chi connectivity index (χ3v) is 3.56. The SMILES string of the molecule is COC(c1nc(C)c(CN)s1)C(C)(C)C. The molecule has 0 fully saturated rings. The molecule has 0 aliphatic heterocycles. The van der Waals surface area contributed by atoms with E-state index in [1.807, 2.05) is 6.92 Å². The van der Waals surface area contributed by atoms with E-state index in [9.17, 15) is 0 Å². The second kappa shape index (κ2) is 4.60. The number of hydrogen-bond donors (Lipinski definition) is 1. The molecule has 0 spiro atoms. The van der Waals surface area contributed by atoms with Crippen LogP contribution in [-0.4, -0.2) is 12.1 Å². The number of rotatable bonds is 3. The van der Waals surface area contributed by atoms with E-state index in [0.717, 1.165) is 15.6 Å². The Morgan fingerprint density at radius 1 is 1.47 bits per heavy atom. The first kappa shape index (κ1) is 12.6. The fourth-order valence-electron chi connectivity index (χ4n) is 1.58. The molecule has 2 N–H and O–H groups in total. The molecular formula is C11H20N2OS. The number of thiazole rings is 1. The van der Waals surface area contributed by atoms with Gasteiger partial charge in [-0.05, 0) is 12.3 Å². The first-order chi connectivity index (χ1) is 6.90. The fourth-order valence-corrected chi connectivity index (χ4v) is 2.85. The fraction of sp³-hybridized carbons (Fsp3) is 0.727. The lowest BCUT2D eigenvalue weighted by Gasteiger charge is -2.27. The molecule has 3 nitrogen and oxygen atoms in total. The van der Waals surface area contributed by atoms with Crippen molar-refractivity contribution in [3.05, 3.63) is 15.6 Å². The number of nitrogens with zero attached hydrogens (tertiary/aromatic N) is 1. The number of aryl methyl sites for hydroxylation is 1. The predicted molar refractivity (Wildman–Crippen MR) is 63.9 cm³/mol. The standard InChI is InChI=1S/C11H20N2OS/c1-7-8(6-12)15-10(13-7)9(14-5)11(2,3)4/h9H,6,12H2,1-5H3. The molecule has 0 aliphatic rings. The van der Waals surface area contributed by atoms with Crippen molar-refractivity contribution in [1.82, 2.24) is 4.98 Å². The summed E-state index contributed by atoms with van der Waals surface area (Å²) in [5.41, 5.74) is 6.74. The zero-order valence-corrected chi connectivity index (χ0v) is 10.9. The summed E-state index contributed by atoms with van der Waals surface area (Å²) in [7, 11) is 1.73. The van der Waals surface area contributed by atoms with Crippen molar-refractivity contribution in [3.63, 3.8) is 0 Å². The maximum atomic E-state index is 5.64. The maximum Gasteiger partial charge on any atom is 0.123 e. The van der Waals surface area contributed by atoms with Crippen LogP contribution in [0.1, 0.15) is 42.5 Å². The summed E-state index contributed by atoms with van der Waals surface area (Å²) < 4.78 is 5.52. The average Bonchev–Trinajstić information content (AvgIpc) is 2.45. The first-order valence-corrected chi connectivity index (χ1v) is 5.91. The van der Waals surface area contributed by atoms with Gasteiger partial charge in [-0.1, -0.05) is 20.8 Å². The lowest BCUT2D eigenvalue weighted by molar-refractivity contribution is 0.0150. The van der Waals surface area contributed by atoms with Crippen LogP contribution in [0.3, 0.4) is 0 Å². The lowest BCUT2D eigenvalue weighted by Crippen LogP contribution is -2.19. The van der Waals surface area contributed by atoms with Gasteiger partial charge in [0, 0.05) is 18.5 Å². The topological polar surface area (TPSA) is 48.1 Å². The molecule has 86 valence electrons. The number of hydrogen-bond acceptors (Lipinski definition) is 4. The molecule has 1 rings (SSSR count). The molecule has 0 saturated heterocycles. The Kier molecular flexibility index (Phi) is 3.87. The van der Waals surface area contributed by atoms with E-state index >= 15 is 0 Å². The highest BCUT2D eigenvalue weighted by molar-refractivity contribution is 7.11. The summed E-state index contributed by atoms with van der Waals surface area (Å²) in [6.45, 7) is 9.02. The lowest BCUT2D eigenvalue weighted by atomic mass is 9.89. The summed E-state index contributed by atoms with van der Waals surface area (Å²) in [5.74, 6) is 0. The Balaban J connectivity index is 3.03. The molecule has 15 heavy (non-hydrogen) atoms. The third kappa shape index (κ3) is 2.77. The van der Waals surface area contributed by atoms with Crippen molar-refractivity contribution >= 4 is 11.3 Å². The average molecular weight is 228 g/mol. The highest BCUT2D eigenvalue weighted by Crippen LogP contribution is 2.38. The van der Waals surface area contributed by atoms with Gasteiger partial charge in [-0.15, -0.1) is 11.3 Å². The Morgan fingerprint density at radius 3 is 2.40 bits per heavy atom. The molecule has 1 unspecified atom stereocenters. The first-order valence-electron chi connectivity index (χ1n) is 5.09. The second-order valence-electron chi connectivity index (χ2n) is 4.75. The van der Waals surface area contributed by atoms with E-state index in [4.69, 9.17) is 10.5 Å². The highest BCUT2D eigenvalue weighted by atomic mass is 32.1. The molecule has 0 bridgehead atoms. The Hall–Kier alpha value is -0.450. The minimum Gasteiger partial charge on any atom is -0.374 e. The van der Waals surface area contributed by atoms with Crippen LogP contribution < -0.4 is 5.73 Å². The monoisotopic (exact) mass is 228 g/mol. The van der Waals surface area contributed by atoms with E-state index < -0.39 is 0 Å². The van der Waals surface area contributed by atoms with Gasteiger partial charge in [0.2, 0.25) is 0 Å². The Morgan fingerprint density at radius 2 is 2.07 bits per heavy atom. The largest absolute Gasteiger partial charge is 0.374 e. The van der Waals surface area contributed by atoms with Crippen molar-refractivity contribution in [1.29, 1.82) is 0 Å². The van der Waals surface area contributed by atoms with Crippen LogP contribution in [0.4, 0.5) is 0 Å². The van der Waals surface area contributed by atoms with Gasteiger partial charge in [-0.3, -0.25) is 0 Å². The van der Waals surface area contributed by atoms with Crippen LogP contribution in [-0.2, 0) is 11.3 Å². The molecule has 4 heteroatoms. The van der Waals surface area contributed by atoms with Gasteiger partial charge in [0.25, 0.3) is 0 Å². The normalized spacial score (nSPS) is 14.3. The third-order valence-electron chi connectivity index (χ3n) is 2.34. The Labute approximate surface area is 95.7 Å². The zero-order chi connectivity index (χ0) is 11.6. The molecule has 1 heterocycles. The summed E-state index contributed by atoms with van der Waals surface area (Å²) in [4.78, 5) is 5.68. The van der Waals surface area contributed by atoms with E-state index in [1.54, 1.807) is 18.4 Å². The van der Waals surface area contributed by atoms with Crippen molar-refractivity contribution in [3.8, 4) is 0 Å². The van der Waals surface area contributed by atoms with Crippen LogP contribution in [0.2, 0.25) is 0 Å².